The zero-order chi connectivity index (χ0) is 22.0. The molecule has 0 saturated carbocycles. The molecule has 164 valence electrons. The van der Waals surface area contributed by atoms with Crippen molar-refractivity contribution in [3.8, 4) is 0 Å². The number of nitrogen functional groups attached to an aromatic ring is 1. The summed E-state index contributed by atoms with van der Waals surface area (Å²) >= 11 is 12.1. The highest BCUT2D eigenvalue weighted by Crippen LogP contribution is 2.40. The second kappa shape index (κ2) is 9.36. The molecule has 31 heavy (non-hydrogen) atoms. The number of thiol groups is 1. The van der Waals surface area contributed by atoms with Crippen molar-refractivity contribution in [2.45, 2.75) is 41.9 Å². The third kappa shape index (κ3) is 5.00. The molecule has 3 aromatic rings. The normalized spacial score (nSPS) is 17.1. The Morgan fingerprint density at radius 1 is 1.26 bits per heavy atom. The average Bonchev–Trinajstić information content (AvgIpc) is 2.77. The van der Waals surface area contributed by atoms with Crippen molar-refractivity contribution in [3.05, 3.63) is 36.0 Å². The fourth-order valence-corrected chi connectivity index (χ4v) is 4.86. The Bertz CT molecular complexity index is 1070. The molecule has 0 unspecified atom stereocenters. The molecule has 1 atom stereocenters. The van der Waals surface area contributed by atoms with Gasteiger partial charge < -0.3 is 15.4 Å². The van der Waals surface area contributed by atoms with E-state index < -0.39 is 0 Å². The first-order valence-corrected chi connectivity index (χ1v) is 11.8. The van der Waals surface area contributed by atoms with Crippen LogP contribution in [0.2, 0.25) is 5.02 Å². The van der Waals surface area contributed by atoms with Crippen molar-refractivity contribution in [2.24, 2.45) is 5.41 Å². The molecule has 0 bridgehead atoms. The third-order valence-corrected chi connectivity index (χ3v) is 7.27. The summed E-state index contributed by atoms with van der Waals surface area (Å²) in [6, 6.07) is 1.84. The molecular formula is C21H25ClN6OS2. The minimum absolute atomic E-state index is 0.0492. The van der Waals surface area contributed by atoms with Crippen molar-refractivity contribution in [1.29, 1.82) is 0 Å². The van der Waals surface area contributed by atoms with Crippen LogP contribution in [0.15, 0.2) is 40.8 Å². The Morgan fingerprint density at radius 3 is 2.77 bits per heavy atom. The minimum Gasteiger partial charge on any atom is -0.382 e. The van der Waals surface area contributed by atoms with E-state index in [1.165, 1.54) is 11.8 Å². The fraction of sp³-hybridized carbons (Fsp3) is 0.429. The SMILES string of the molecule is C[C@@H](S)OCC1(C)CCN(c2ncc(Sc3ccnc(N)c3Cl)c3ncncc23)CC1. The Hall–Kier alpha value is -1.81. The van der Waals surface area contributed by atoms with Gasteiger partial charge in [-0.05, 0) is 31.2 Å². The molecule has 0 aromatic carbocycles. The van der Waals surface area contributed by atoms with Crippen molar-refractivity contribution >= 4 is 58.5 Å². The highest BCUT2D eigenvalue weighted by atomic mass is 35.5. The topological polar surface area (TPSA) is 90.0 Å². The quantitative estimate of drug-likeness (QED) is 0.390. The maximum atomic E-state index is 6.33. The van der Waals surface area contributed by atoms with Gasteiger partial charge >= 0.3 is 0 Å². The number of nitrogens with two attached hydrogens (primary N) is 1. The average molecular weight is 477 g/mol. The van der Waals surface area contributed by atoms with E-state index in [-0.39, 0.29) is 10.9 Å². The number of halogens is 1. The predicted molar refractivity (Wildman–Crippen MR) is 129 cm³/mol. The Kier molecular flexibility index (Phi) is 6.76. The molecule has 2 N–H and O–H groups in total. The largest absolute Gasteiger partial charge is 0.382 e. The van der Waals surface area contributed by atoms with Gasteiger partial charge in [-0.2, -0.15) is 0 Å². The lowest BCUT2D eigenvalue weighted by molar-refractivity contribution is 0.0326. The second-order valence-corrected chi connectivity index (χ2v) is 10.2. The molecule has 3 aromatic heterocycles. The number of ether oxygens (including phenoxy) is 1. The van der Waals surface area contributed by atoms with E-state index in [4.69, 9.17) is 27.1 Å². The Balaban J connectivity index is 1.58. The van der Waals surface area contributed by atoms with Crippen molar-refractivity contribution < 1.29 is 4.74 Å². The van der Waals surface area contributed by atoms with Crippen LogP contribution in [0.3, 0.4) is 0 Å². The monoisotopic (exact) mass is 476 g/mol. The molecule has 10 heteroatoms. The molecule has 0 aliphatic carbocycles. The van der Waals surface area contributed by atoms with Crippen LogP contribution in [-0.4, -0.2) is 45.1 Å². The molecule has 0 radical (unpaired) electrons. The maximum absolute atomic E-state index is 6.33. The lowest BCUT2D eigenvalue weighted by atomic mass is 9.81. The van der Waals surface area contributed by atoms with E-state index in [1.54, 1.807) is 12.5 Å². The van der Waals surface area contributed by atoms with Crippen LogP contribution >= 0.6 is 36.0 Å². The Morgan fingerprint density at radius 2 is 2.03 bits per heavy atom. The number of piperidine rings is 1. The minimum atomic E-state index is -0.0492. The number of anilines is 2. The van der Waals surface area contributed by atoms with Crippen LogP contribution in [0, 0.1) is 5.41 Å². The van der Waals surface area contributed by atoms with Gasteiger partial charge in [0, 0.05) is 36.6 Å². The zero-order valence-corrected chi connectivity index (χ0v) is 19.9. The van der Waals surface area contributed by atoms with Crippen LogP contribution < -0.4 is 10.6 Å². The van der Waals surface area contributed by atoms with E-state index in [9.17, 15) is 0 Å². The second-order valence-electron chi connectivity index (χ2n) is 8.05. The van der Waals surface area contributed by atoms with Gasteiger partial charge in [0.05, 0.1) is 32.9 Å². The molecule has 1 aliphatic heterocycles. The van der Waals surface area contributed by atoms with Crippen LogP contribution in [0.1, 0.15) is 26.7 Å². The lowest BCUT2D eigenvalue weighted by Crippen LogP contribution is -2.41. The highest BCUT2D eigenvalue weighted by Gasteiger charge is 2.32. The fourth-order valence-electron chi connectivity index (χ4n) is 3.63. The summed E-state index contributed by atoms with van der Waals surface area (Å²) in [6.45, 7) is 6.74. The number of fused-ring (bicyclic) bond motifs is 1. The first-order valence-electron chi connectivity index (χ1n) is 10.1. The third-order valence-electron chi connectivity index (χ3n) is 5.53. The van der Waals surface area contributed by atoms with Gasteiger partial charge in [0.15, 0.2) is 0 Å². The van der Waals surface area contributed by atoms with Crippen LogP contribution in [0.5, 0.6) is 0 Å². The van der Waals surface area contributed by atoms with Gasteiger partial charge in [-0.15, -0.1) is 12.6 Å². The van der Waals surface area contributed by atoms with E-state index in [0.717, 1.165) is 52.4 Å². The molecule has 4 rings (SSSR count). The van der Waals surface area contributed by atoms with Gasteiger partial charge in [-0.1, -0.05) is 30.3 Å². The molecule has 1 fully saturated rings. The van der Waals surface area contributed by atoms with Crippen molar-refractivity contribution in [3.63, 3.8) is 0 Å². The van der Waals surface area contributed by atoms with Crippen LogP contribution in [-0.2, 0) is 4.74 Å². The number of rotatable bonds is 6. The number of hydrogen-bond donors (Lipinski definition) is 2. The summed E-state index contributed by atoms with van der Waals surface area (Å²) in [4.78, 5) is 21.6. The zero-order valence-electron chi connectivity index (χ0n) is 17.5. The van der Waals surface area contributed by atoms with E-state index in [0.29, 0.717) is 17.4 Å². The molecule has 7 nitrogen and oxygen atoms in total. The van der Waals surface area contributed by atoms with Gasteiger partial charge in [0.1, 0.15) is 18.0 Å². The summed E-state index contributed by atoms with van der Waals surface area (Å²) in [7, 11) is 0. The molecule has 0 amide bonds. The first kappa shape index (κ1) is 22.4. The standard InChI is InChI=1S/C21H25ClN6OS2/c1-13(30)29-11-21(2)4-7-28(8-5-21)20-14-9-24-12-27-18(14)16(10-26-20)31-15-3-6-25-19(23)17(15)22/h3,6,9-10,12-13,30H,4-5,7-8,11H2,1-2H3,(H2,23,25)/t13-/m1/s1. The summed E-state index contributed by atoms with van der Waals surface area (Å²) in [5, 5.41) is 1.36. The number of hydrogen-bond acceptors (Lipinski definition) is 9. The molecule has 1 saturated heterocycles. The first-order chi connectivity index (χ1) is 14.9. The molecule has 4 heterocycles. The summed E-state index contributed by atoms with van der Waals surface area (Å²) in [5.41, 5.74) is 6.79. The molecule has 0 spiro atoms. The number of nitrogens with zero attached hydrogens (tertiary/aromatic N) is 5. The van der Waals surface area contributed by atoms with E-state index in [1.807, 2.05) is 25.4 Å². The van der Waals surface area contributed by atoms with Gasteiger partial charge in [-0.3, -0.25) is 0 Å². The van der Waals surface area contributed by atoms with Gasteiger partial charge in [0.2, 0.25) is 0 Å². The maximum Gasteiger partial charge on any atom is 0.143 e. The van der Waals surface area contributed by atoms with Crippen LogP contribution in [0.25, 0.3) is 10.9 Å². The summed E-state index contributed by atoms with van der Waals surface area (Å²) < 4.78 is 5.77. The molecule has 1 aliphatic rings. The lowest BCUT2D eigenvalue weighted by Gasteiger charge is -2.40. The summed E-state index contributed by atoms with van der Waals surface area (Å²) in [6.07, 6.45) is 8.92. The number of pyridine rings is 2. The smallest absolute Gasteiger partial charge is 0.143 e. The van der Waals surface area contributed by atoms with E-state index in [2.05, 4.69) is 39.4 Å². The summed E-state index contributed by atoms with van der Waals surface area (Å²) in [5.74, 6) is 1.22. The molecular weight excluding hydrogens is 452 g/mol. The Labute approximate surface area is 196 Å². The van der Waals surface area contributed by atoms with Crippen LogP contribution in [0.4, 0.5) is 11.6 Å². The highest BCUT2D eigenvalue weighted by molar-refractivity contribution is 7.99. The van der Waals surface area contributed by atoms with Crippen molar-refractivity contribution in [2.75, 3.05) is 30.3 Å². The van der Waals surface area contributed by atoms with Crippen molar-refractivity contribution in [1.82, 2.24) is 19.9 Å². The number of aromatic nitrogens is 4. The van der Waals surface area contributed by atoms with Gasteiger partial charge in [-0.25, -0.2) is 19.9 Å². The van der Waals surface area contributed by atoms with Gasteiger partial charge in [0.25, 0.3) is 0 Å². The predicted octanol–water partition coefficient (Wildman–Crippen LogP) is 4.71. The van der Waals surface area contributed by atoms with E-state index >= 15 is 0 Å².